The van der Waals surface area contributed by atoms with E-state index in [9.17, 15) is 4.79 Å². The minimum absolute atomic E-state index is 0.102. The number of carbonyl (C=O) groups excluding carboxylic acids is 1. The van der Waals surface area contributed by atoms with Gasteiger partial charge in [0, 0.05) is 31.1 Å². The van der Waals surface area contributed by atoms with Crippen LogP contribution >= 0.6 is 0 Å². The first-order valence-corrected chi connectivity index (χ1v) is 7.34. The summed E-state index contributed by atoms with van der Waals surface area (Å²) in [5.41, 5.74) is 4.27. The third kappa shape index (κ3) is 2.46. The molecule has 0 amide bonds. The molecule has 0 bridgehead atoms. The van der Waals surface area contributed by atoms with Gasteiger partial charge in [0.1, 0.15) is 0 Å². The third-order valence-electron chi connectivity index (χ3n) is 4.16. The molecule has 1 heterocycles. The van der Waals surface area contributed by atoms with Gasteiger partial charge in [-0.25, -0.2) is 0 Å². The molecule has 0 spiro atoms. The van der Waals surface area contributed by atoms with E-state index in [1.807, 2.05) is 31.1 Å². The lowest BCUT2D eigenvalue weighted by Gasteiger charge is -2.24. The van der Waals surface area contributed by atoms with Crippen molar-refractivity contribution in [1.82, 2.24) is 5.16 Å². The molecule has 1 aliphatic carbocycles. The SMILES string of the molecule is CC(=O)c1ccc(C2CCCc3noc(N(C)C)c32)cc1. The van der Waals surface area contributed by atoms with Crippen molar-refractivity contribution in [3.63, 3.8) is 0 Å². The van der Waals surface area contributed by atoms with E-state index in [0.29, 0.717) is 5.92 Å². The number of Topliss-reactive ketones (excluding diaryl/α,β-unsaturated/α-hetero) is 1. The smallest absolute Gasteiger partial charge is 0.230 e. The van der Waals surface area contributed by atoms with Crippen molar-refractivity contribution in [3.05, 3.63) is 46.6 Å². The Labute approximate surface area is 124 Å². The van der Waals surface area contributed by atoms with E-state index >= 15 is 0 Å². The molecule has 1 aliphatic rings. The maximum atomic E-state index is 11.4. The van der Waals surface area contributed by atoms with Crippen LogP contribution in [0.4, 0.5) is 5.88 Å². The van der Waals surface area contributed by atoms with Gasteiger partial charge in [-0.3, -0.25) is 4.79 Å². The Morgan fingerprint density at radius 1 is 1.29 bits per heavy atom. The first-order chi connectivity index (χ1) is 10.1. The summed E-state index contributed by atoms with van der Waals surface area (Å²) in [6.45, 7) is 1.60. The average molecular weight is 284 g/mol. The lowest BCUT2D eigenvalue weighted by molar-refractivity contribution is 0.101. The predicted octanol–water partition coefficient (Wildman–Crippen LogP) is 3.41. The molecule has 2 aromatic rings. The number of aryl methyl sites for hydroxylation is 1. The van der Waals surface area contributed by atoms with Gasteiger partial charge in [-0.1, -0.05) is 29.4 Å². The van der Waals surface area contributed by atoms with Crippen LogP contribution in [0.25, 0.3) is 0 Å². The van der Waals surface area contributed by atoms with Gasteiger partial charge in [0.2, 0.25) is 5.88 Å². The molecule has 0 radical (unpaired) electrons. The highest BCUT2D eigenvalue weighted by molar-refractivity contribution is 5.94. The molecule has 110 valence electrons. The van der Waals surface area contributed by atoms with E-state index in [1.165, 1.54) is 11.1 Å². The molecule has 0 N–H and O–H groups in total. The lowest BCUT2D eigenvalue weighted by Crippen LogP contribution is -2.16. The molecule has 4 heteroatoms. The maximum Gasteiger partial charge on any atom is 0.230 e. The predicted molar refractivity (Wildman–Crippen MR) is 82.1 cm³/mol. The number of nitrogens with zero attached hydrogens (tertiary/aromatic N) is 2. The normalized spacial score (nSPS) is 17.4. The fourth-order valence-electron chi connectivity index (χ4n) is 3.07. The van der Waals surface area contributed by atoms with E-state index in [1.54, 1.807) is 6.92 Å². The second-order valence-corrected chi connectivity index (χ2v) is 5.87. The summed E-state index contributed by atoms with van der Waals surface area (Å²) in [5.74, 6) is 1.26. The molecule has 0 fully saturated rings. The highest BCUT2D eigenvalue weighted by Crippen LogP contribution is 2.41. The molecule has 0 saturated heterocycles. The van der Waals surface area contributed by atoms with E-state index in [-0.39, 0.29) is 5.78 Å². The van der Waals surface area contributed by atoms with Crippen LogP contribution in [-0.4, -0.2) is 25.0 Å². The zero-order valence-electron chi connectivity index (χ0n) is 12.7. The quantitative estimate of drug-likeness (QED) is 0.810. The van der Waals surface area contributed by atoms with Crippen LogP contribution in [0.2, 0.25) is 0 Å². The Morgan fingerprint density at radius 3 is 2.62 bits per heavy atom. The van der Waals surface area contributed by atoms with Crippen LogP contribution < -0.4 is 4.90 Å². The number of rotatable bonds is 3. The summed E-state index contributed by atoms with van der Waals surface area (Å²) < 4.78 is 5.51. The van der Waals surface area contributed by atoms with Gasteiger partial charge in [0.05, 0.1) is 5.69 Å². The van der Waals surface area contributed by atoms with Gasteiger partial charge >= 0.3 is 0 Å². The zero-order valence-corrected chi connectivity index (χ0v) is 12.7. The number of anilines is 1. The minimum atomic E-state index is 0.102. The van der Waals surface area contributed by atoms with Crippen molar-refractivity contribution < 1.29 is 9.32 Å². The van der Waals surface area contributed by atoms with Crippen LogP contribution in [0.5, 0.6) is 0 Å². The Balaban J connectivity index is 2.01. The monoisotopic (exact) mass is 284 g/mol. The summed E-state index contributed by atoms with van der Waals surface area (Å²) in [4.78, 5) is 13.4. The summed E-state index contributed by atoms with van der Waals surface area (Å²) >= 11 is 0. The number of hydrogen-bond donors (Lipinski definition) is 0. The van der Waals surface area contributed by atoms with E-state index < -0.39 is 0 Å². The molecule has 0 aliphatic heterocycles. The minimum Gasteiger partial charge on any atom is -0.346 e. The molecular formula is C17H20N2O2. The highest BCUT2D eigenvalue weighted by Gasteiger charge is 2.30. The standard InChI is InChI=1S/C17H20N2O2/c1-11(20)12-7-9-13(10-8-12)14-5-4-6-15-16(14)17(19(2)3)21-18-15/h7-10,14H,4-6H2,1-3H3. The number of fused-ring (bicyclic) bond motifs is 1. The van der Waals surface area contributed by atoms with Crippen LogP contribution in [-0.2, 0) is 6.42 Å². The van der Waals surface area contributed by atoms with Crippen molar-refractivity contribution in [2.45, 2.75) is 32.1 Å². The third-order valence-corrected chi connectivity index (χ3v) is 4.16. The number of benzene rings is 1. The van der Waals surface area contributed by atoms with E-state index in [0.717, 1.165) is 36.4 Å². The second-order valence-electron chi connectivity index (χ2n) is 5.87. The number of aromatic nitrogens is 1. The molecule has 3 rings (SSSR count). The zero-order chi connectivity index (χ0) is 15.0. The molecule has 0 saturated carbocycles. The van der Waals surface area contributed by atoms with Gasteiger partial charge in [-0.2, -0.15) is 0 Å². The van der Waals surface area contributed by atoms with Crippen molar-refractivity contribution in [3.8, 4) is 0 Å². The van der Waals surface area contributed by atoms with Crippen LogP contribution in [0, 0.1) is 0 Å². The largest absolute Gasteiger partial charge is 0.346 e. The molecular weight excluding hydrogens is 264 g/mol. The van der Waals surface area contributed by atoms with E-state index in [2.05, 4.69) is 17.3 Å². The number of hydrogen-bond acceptors (Lipinski definition) is 4. The summed E-state index contributed by atoms with van der Waals surface area (Å²) in [7, 11) is 3.95. The van der Waals surface area contributed by atoms with Gasteiger partial charge < -0.3 is 9.42 Å². The van der Waals surface area contributed by atoms with E-state index in [4.69, 9.17) is 4.52 Å². The van der Waals surface area contributed by atoms with Crippen LogP contribution in [0.3, 0.4) is 0 Å². The van der Waals surface area contributed by atoms with Gasteiger partial charge in [0.15, 0.2) is 5.78 Å². The average Bonchev–Trinajstić information content (AvgIpc) is 2.91. The summed E-state index contributed by atoms with van der Waals surface area (Å²) in [6.07, 6.45) is 3.19. The highest BCUT2D eigenvalue weighted by atomic mass is 16.5. The van der Waals surface area contributed by atoms with Crippen molar-refractivity contribution in [2.75, 3.05) is 19.0 Å². The Hall–Kier alpha value is -2.10. The topological polar surface area (TPSA) is 46.3 Å². The van der Waals surface area contributed by atoms with Crippen LogP contribution in [0.1, 0.15) is 52.9 Å². The van der Waals surface area contributed by atoms with Crippen LogP contribution in [0.15, 0.2) is 28.8 Å². The van der Waals surface area contributed by atoms with Crippen molar-refractivity contribution in [1.29, 1.82) is 0 Å². The van der Waals surface area contributed by atoms with Gasteiger partial charge in [0.25, 0.3) is 0 Å². The van der Waals surface area contributed by atoms with Crippen molar-refractivity contribution in [2.24, 2.45) is 0 Å². The van der Waals surface area contributed by atoms with Gasteiger partial charge in [-0.05, 0) is 31.7 Å². The van der Waals surface area contributed by atoms with Crippen molar-refractivity contribution >= 4 is 11.7 Å². The molecule has 21 heavy (non-hydrogen) atoms. The summed E-state index contributed by atoms with van der Waals surface area (Å²) in [5, 5.41) is 4.23. The Bertz CT molecular complexity index is 656. The molecule has 4 nitrogen and oxygen atoms in total. The molecule has 1 atom stereocenters. The fraction of sp³-hybridized carbons (Fsp3) is 0.412. The molecule has 1 aromatic carbocycles. The second kappa shape index (κ2) is 5.35. The molecule has 1 unspecified atom stereocenters. The first-order valence-electron chi connectivity index (χ1n) is 7.34. The first kappa shape index (κ1) is 13.9. The lowest BCUT2D eigenvalue weighted by atomic mass is 9.81. The Morgan fingerprint density at radius 2 is 2.00 bits per heavy atom. The molecule has 1 aromatic heterocycles. The Kier molecular flexibility index (Phi) is 3.53. The van der Waals surface area contributed by atoms with Gasteiger partial charge in [-0.15, -0.1) is 0 Å². The fourth-order valence-corrected chi connectivity index (χ4v) is 3.07. The number of ketones is 1. The summed E-state index contributed by atoms with van der Waals surface area (Å²) in [6, 6.07) is 7.94. The maximum absolute atomic E-state index is 11.4. The number of carbonyl (C=O) groups is 1.